The fraction of sp³-hybridized carbons (Fsp3) is 0.115. The molecule has 3 aromatic carbocycles. The predicted octanol–water partition coefficient (Wildman–Crippen LogP) is 5.41. The van der Waals surface area contributed by atoms with Crippen LogP contribution >= 0.6 is 23.4 Å². The highest BCUT2D eigenvalue weighted by atomic mass is 35.5. The lowest BCUT2D eigenvalue weighted by atomic mass is 10.1. The molecule has 0 aromatic heterocycles. The molecule has 8 heteroatoms. The molecule has 170 valence electrons. The third-order valence-corrected chi connectivity index (χ3v) is 6.72. The topological polar surface area (TPSA) is 82.4 Å². The number of benzene rings is 3. The molecule has 1 saturated heterocycles. The fourth-order valence-electron chi connectivity index (χ4n) is 3.50. The van der Waals surface area contributed by atoms with Crippen LogP contribution in [0.3, 0.4) is 0 Å². The molecule has 3 aromatic rings. The largest absolute Gasteiger partial charge is 0.497 e. The van der Waals surface area contributed by atoms with Gasteiger partial charge in [-0.05, 0) is 60.5 Å². The summed E-state index contributed by atoms with van der Waals surface area (Å²) in [6.07, 6.45) is 0.442. The number of amides is 2. The average Bonchev–Trinajstić information content (AvgIpc) is 3.17. The van der Waals surface area contributed by atoms with Gasteiger partial charge in [0.05, 0.1) is 12.4 Å². The number of nitrogens with one attached hydrogen (secondary N) is 1. The Kier molecular flexibility index (Phi) is 7.21. The number of halogens is 1. The van der Waals surface area contributed by atoms with Crippen LogP contribution < -0.4 is 15.0 Å². The lowest BCUT2D eigenvalue weighted by Crippen LogP contribution is -2.30. The maximum atomic E-state index is 13.5. The van der Waals surface area contributed by atoms with Gasteiger partial charge >= 0.3 is 0 Å². The number of hydrogen-bond donors (Lipinski definition) is 1. The Morgan fingerprint density at radius 2 is 1.76 bits per heavy atom. The van der Waals surface area contributed by atoms with Gasteiger partial charge in [-0.15, -0.1) is 0 Å². The summed E-state index contributed by atoms with van der Waals surface area (Å²) in [6, 6.07) is 25.1. The number of carbonyl (C=O) groups excluding carboxylic acids is 2. The highest BCUT2D eigenvalue weighted by Crippen LogP contribution is 2.42. The molecule has 1 fully saturated rings. The second kappa shape index (κ2) is 10.5. The van der Waals surface area contributed by atoms with Gasteiger partial charge in [0.25, 0.3) is 5.91 Å². The zero-order chi connectivity index (χ0) is 24.1. The van der Waals surface area contributed by atoms with Crippen LogP contribution in [0.2, 0.25) is 5.02 Å². The minimum atomic E-state index is -0.592. The van der Waals surface area contributed by atoms with Gasteiger partial charge in [-0.1, -0.05) is 53.7 Å². The molecule has 1 N–H and O–H groups in total. The number of hydrogen-bond acceptors (Lipinski definition) is 5. The number of anilines is 2. The van der Waals surface area contributed by atoms with Gasteiger partial charge in [0.15, 0.2) is 0 Å². The van der Waals surface area contributed by atoms with Crippen molar-refractivity contribution in [2.24, 2.45) is 0 Å². The van der Waals surface area contributed by atoms with E-state index in [-0.39, 0.29) is 11.5 Å². The van der Waals surface area contributed by atoms with Crippen LogP contribution in [0.15, 0.2) is 89.5 Å². The Balaban J connectivity index is 1.68. The van der Waals surface area contributed by atoms with Crippen molar-refractivity contribution in [2.75, 3.05) is 17.3 Å². The number of methoxy groups -OCH3 is 1. The van der Waals surface area contributed by atoms with Crippen LogP contribution in [0.1, 0.15) is 5.56 Å². The van der Waals surface area contributed by atoms with E-state index in [0.29, 0.717) is 27.8 Å². The molecule has 0 radical (unpaired) electrons. The van der Waals surface area contributed by atoms with E-state index in [1.807, 2.05) is 48.5 Å². The van der Waals surface area contributed by atoms with Crippen molar-refractivity contribution in [3.05, 3.63) is 100 Å². The van der Waals surface area contributed by atoms with Gasteiger partial charge in [-0.25, -0.2) is 0 Å². The van der Waals surface area contributed by atoms with Crippen molar-refractivity contribution in [3.63, 3.8) is 0 Å². The Morgan fingerprint density at radius 1 is 1.09 bits per heavy atom. The summed E-state index contributed by atoms with van der Waals surface area (Å²) in [5.74, 6) is -0.0495. The van der Waals surface area contributed by atoms with Gasteiger partial charge in [-0.3, -0.25) is 14.5 Å². The van der Waals surface area contributed by atoms with Crippen LogP contribution in [0.5, 0.6) is 5.75 Å². The summed E-state index contributed by atoms with van der Waals surface area (Å²) in [7, 11) is 1.60. The second-order valence-electron chi connectivity index (χ2n) is 7.42. The van der Waals surface area contributed by atoms with E-state index in [0.717, 1.165) is 11.3 Å². The predicted molar refractivity (Wildman–Crippen MR) is 135 cm³/mol. The van der Waals surface area contributed by atoms with E-state index in [2.05, 4.69) is 5.32 Å². The normalized spacial score (nSPS) is 16.7. The van der Waals surface area contributed by atoms with Crippen LogP contribution in [0, 0.1) is 11.3 Å². The standard InChI is InChI=1S/C26H20ClN3O3S/c1-33-21-13-7-17(8-14-21)15-23-25(32)30(20-5-3-2-4-6-20)26(34-23)22(16-28)24(31)29-19-11-9-18(27)10-12-19/h2-14,23H,15H2,1H3,(H,29,31)/b26-22-/t23-/m1/s1. The molecule has 1 aliphatic rings. The van der Waals surface area contributed by atoms with Gasteiger partial charge < -0.3 is 10.1 Å². The van der Waals surface area contributed by atoms with E-state index in [1.54, 1.807) is 43.5 Å². The van der Waals surface area contributed by atoms with Crippen LogP contribution in [0.25, 0.3) is 0 Å². The van der Waals surface area contributed by atoms with Crippen molar-refractivity contribution in [1.29, 1.82) is 5.26 Å². The molecule has 34 heavy (non-hydrogen) atoms. The number of carbonyl (C=O) groups is 2. The zero-order valence-corrected chi connectivity index (χ0v) is 19.8. The SMILES string of the molecule is COc1ccc(C[C@H]2S/C(=C(/C#N)C(=O)Nc3ccc(Cl)cc3)N(c3ccccc3)C2=O)cc1. The van der Waals surface area contributed by atoms with Crippen LogP contribution in [0.4, 0.5) is 11.4 Å². The molecule has 1 aliphatic heterocycles. The molecule has 0 saturated carbocycles. The van der Waals surface area contributed by atoms with Gasteiger partial charge in [-0.2, -0.15) is 5.26 Å². The number of nitriles is 1. The number of rotatable bonds is 6. The average molecular weight is 490 g/mol. The third-order valence-electron chi connectivity index (χ3n) is 5.20. The van der Waals surface area contributed by atoms with Gasteiger partial charge in [0.2, 0.25) is 5.91 Å². The smallest absolute Gasteiger partial charge is 0.269 e. The first-order valence-corrected chi connectivity index (χ1v) is 11.7. The summed E-state index contributed by atoms with van der Waals surface area (Å²) in [5.41, 5.74) is 1.91. The van der Waals surface area contributed by atoms with E-state index in [9.17, 15) is 14.9 Å². The monoisotopic (exact) mass is 489 g/mol. The number of para-hydroxylation sites is 1. The first-order valence-electron chi connectivity index (χ1n) is 10.4. The molecular formula is C26H20ClN3O3S. The van der Waals surface area contributed by atoms with E-state index in [4.69, 9.17) is 16.3 Å². The highest BCUT2D eigenvalue weighted by molar-refractivity contribution is 8.05. The summed E-state index contributed by atoms with van der Waals surface area (Å²) < 4.78 is 5.20. The van der Waals surface area contributed by atoms with E-state index >= 15 is 0 Å². The fourth-order valence-corrected chi connectivity index (χ4v) is 4.94. The van der Waals surface area contributed by atoms with E-state index in [1.165, 1.54) is 16.7 Å². The first kappa shape index (κ1) is 23.4. The molecule has 0 aliphatic carbocycles. The summed E-state index contributed by atoms with van der Waals surface area (Å²) in [5, 5.41) is 13.0. The lowest BCUT2D eigenvalue weighted by Gasteiger charge is -2.18. The Labute approximate surface area is 206 Å². The summed E-state index contributed by atoms with van der Waals surface area (Å²) in [4.78, 5) is 28.0. The van der Waals surface area contributed by atoms with E-state index < -0.39 is 11.2 Å². The number of ether oxygens (including phenoxy) is 1. The molecular weight excluding hydrogens is 470 g/mol. The molecule has 1 atom stereocenters. The Morgan fingerprint density at radius 3 is 2.38 bits per heavy atom. The summed E-state index contributed by atoms with van der Waals surface area (Å²) >= 11 is 7.14. The van der Waals surface area contributed by atoms with Crippen molar-refractivity contribution < 1.29 is 14.3 Å². The number of thioether (sulfide) groups is 1. The molecule has 6 nitrogen and oxygen atoms in total. The maximum Gasteiger partial charge on any atom is 0.269 e. The molecule has 2 amide bonds. The highest BCUT2D eigenvalue weighted by Gasteiger charge is 2.40. The minimum Gasteiger partial charge on any atom is -0.497 e. The van der Waals surface area contributed by atoms with Crippen molar-refractivity contribution in [1.82, 2.24) is 0 Å². The van der Waals surface area contributed by atoms with Gasteiger partial charge in [0.1, 0.15) is 22.4 Å². The molecule has 0 bridgehead atoms. The lowest BCUT2D eigenvalue weighted by molar-refractivity contribution is -0.117. The molecule has 0 unspecified atom stereocenters. The minimum absolute atomic E-state index is 0.130. The Hall–Kier alpha value is -3.73. The molecule has 0 spiro atoms. The van der Waals surface area contributed by atoms with Gasteiger partial charge in [0, 0.05) is 16.4 Å². The zero-order valence-electron chi connectivity index (χ0n) is 18.2. The Bertz CT molecular complexity index is 1270. The van der Waals surface area contributed by atoms with Crippen LogP contribution in [-0.4, -0.2) is 24.2 Å². The first-order chi connectivity index (χ1) is 16.5. The number of nitrogens with zero attached hydrogens (tertiary/aromatic N) is 2. The van der Waals surface area contributed by atoms with Crippen molar-refractivity contribution in [3.8, 4) is 11.8 Å². The second-order valence-corrected chi connectivity index (χ2v) is 9.05. The summed E-state index contributed by atoms with van der Waals surface area (Å²) in [6.45, 7) is 0. The maximum absolute atomic E-state index is 13.5. The van der Waals surface area contributed by atoms with Crippen LogP contribution in [-0.2, 0) is 16.0 Å². The van der Waals surface area contributed by atoms with Crippen molar-refractivity contribution >= 4 is 46.6 Å². The third kappa shape index (κ3) is 5.09. The van der Waals surface area contributed by atoms with Crippen molar-refractivity contribution in [2.45, 2.75) is 11.7 Å². The molecule has 1 heterocycles. The quantitative estimate of drug-likeness (QED) is 0.369. The molecule has 4 rings (SSSR count).